The summed E-state index contributed by atoms with van der Waals surface area (Å²) in [6.07, 6.45) is 2.76. The molecule has 1 aromatic carbocycles. The average molecular weight is 493 g/mol. The first kappa shape index (κ1) is 23.5. The van der Waals surface area contributed by atoms with Gasteiger partial charge in [-0.3, -0.25) is 9.69 Å². The summed E-state index contributed by atoms with van der Waals surface area (Å²) in [6.45, 7) is 2.14. The molecule has 3 heterocycles. The molecule has 178 valence electrons. The fourth-order valence-corrected chi connectivity index (χ4v) is 6.33. The molecule has 2 aliphatic rings. The third-order valence-electron chi connectivity index (χ3n) is 5.65. The number of nitrogens with zero attached hydrogens (tertiary/aromatic N) is 4. The Morgan fingerprint density at radius 2 is 1.97 bits per heavy atom. The van der Waals surface area contributed by atoms with E-state index in [4.69, 9.17) is 0 Å². The maximum absolute atomic E-state index is 13.1. The molecule has 0 bridgehead atoms. The number of hydrogen-bond acceptors (Lipinski definition) is 7. The largest absolute Gasteiger partial charge is 0.376 e. The zero-order valence-electron chi connectivity index (χ0n) is 18.7. The van der Waals surface area contributed by atoms with Gasteiger partial charge in [0.15, 0.2) is 5.13 Å². The third kappa shape index (κ3) is 5.12. The van der Waals surface area contributed by atoms with E-state index < -0.39 is 10.0 Å². The Bertz CT molecular complexity index is 1140. The smallest absolute Gasteiger partial charge is 0.323 e. The van der Waals surface area contributed by atoms with Gasteiger partial charge in [-0.2, -0.15) is 4.31 Å². The highest BCUT2D eigenvalue weighted by atomic mass is 32.2. The number of nitrogens with one attached hydrogen (secondary N) is 2. The number of anilines is 3. The predicted molar refractivity (Wildman–Crippen MR) is 129 cm³/mol. The molecular weight excluding hydrogens is 464 g/mol. The van der Waals surface area contributed by atoms with Gasteiger partial charge in [-0.15, -0.1) is 11.3 Å². The number of thiazole rings is 1. The summed E-state index contributed by atoms with van der Waals surface area (Å²) in [4.78, 5) is 32.6. The first-order chi connectivity index (χ1) is 15.8. The van der Waals surface area contributed by atoms with Gasteiger partial charge in [-0.05, 0) is 31.0 Å². The van der Waals surface area contributed by atoms with E-state index in [1.807, 2.05) is 19.0 Å². The summed E-state index contributed by atoms with van der Waals surface area (Å²) in [7, 11) is 0.0383. The molecule has 10 nitrogen and oxygen atoms in total. The van der Waals surface area contributed by atoms with E-state index in [9.17, 15) is 18.0 Å². The van der Waals surface area contributed by atoms with Crippen LogP contribution in [0.5, 0.6) is 0 Å². The lowest BCUT2D eigenvalue weighted by Gasteiger charge is -2.26. The molecule has 2 aliphatic heterocycles. The van der Waals surface area contributed by atoms with Crippen LogP contribution in [0, 0.1) is 0 Å². The van der Waals surface area contributed by atoms with Crippen molar-refractivity contribution in [2.45, 2.75) is 30.6 Å². The summed E-state index contributed by atoms with van der Waals surface area (Å²) < 4.78 is 27.7. The minimum Gasteiger partial charge on any atom is -0.376 e. The van der Waals surface area contributed by atoms with Crippen LogP contribution < -0.4 is 20.4 Å². The number of amides is 3. The monoisotopic (exact) mass is 492 g/mol. The standard InChI is InChI=1S/C21H28N6O4S2/c1-25(2)18-7-6-16(33(30,31)26-9-4-3-5-10-26)13-17(18)24-19(28)12-15-14-32-21(23-15)27-11-8-22-20(27)29/h6-7,13-14H,3-5,8-12H2,1-2H3,(H,22,29)(H,24,28). The molecule has 4 rings (SSSR count). The Hall–Kier alpha value is -2.70. The molecule has 0 atom stereocenters. The maximum Gasteiger partial charge on any atom is 0.323 e. The first-order valence-electron chi connectivity index (χ1n) is 10.9. The average Bonchev–Trinajstić information content (AvgIpc) is 3.42. The summed E-state index contributed by atoms with van der Waals surface area (Å²) in [6, 6.07) is 4.63. The van der Waals surface area contributed by atoms with Gasteiger partial charge in [0.25, 0.3) is 0 Å². The number of carbonyl (C=O) groups excluding carboxylic acids is 2. The van der Waals surface area contributed by atoms with Crippen molar-refractivity contribution in [1.82, 2.24) is 14.6 Å². The SMILES string of the molecule is CN(C)c1ccc(S(=O)(=O)N2CCCCC2)cc1NC(=O)Cc1csc(N2CCNC2=O)n1. The van der Waals surface area contributed by atoms with Crippen LogP contribution in [0.1, 0.15) is 25.0 Å². The van der Waals surface area contributed by atoms with Crippen LogP contribution in [-0.2, 0) is 21.2 Å². The number of benzene rings is 1. The maximum atomic E-state index is 13.1. The van der Waals surface area contributed by atoms with Crippen LogP contribution in [-0.4, -0.2) is 69.9 Å². The number of rotatable bonds is 7. The normalized spacial score (nSPS) is 17.2. The zero-order valence-corrected chi connectivity index (χ0v) is 20.3. The van der Waals surface area contributed by atoms with Crippen LogP contribution in [0.25, 0.3) is 0 Å². The molecule has 0 unspecified atom stereocenters. The summed E-state index contributed by atoms with van der Waals surface area (Å²) in [5, 5.41) is 7.88. The third-order valence-corrected chi connectivity index (χ3v) is 8.45. The minimum absolute atomic E-state index is 0.0158. The van der Waals surface area contributed by atoms with Gasteiger partial charge in [0.1, 0.15) is 0 Å². The lowest BCUT2D eigenvalue weighted by molar-refractivity contribution is -0.115. The van der Waals surface area contributed by atoms with E-state index >= 15 is 0 Å². The Labute approximate surface area is 197 Å². The van der Waals surface area contributed by atoms with E-state index in [-0.39, 0.29) is 23.3 Å². The lowest BCUT2D eigenvalue weighted by Crippen LogP contribution is -2.35. The van der Waals surface area contributed by atoms with Gasteiger partial charge >= 0.3 is 6.03 Å². The van der Waals surface area contributed by atoms with E-state index in [1.165, 1.54) is 21.7 Å². The number of sulfonamides is 1. The molecule has 2 fully saturated rings. The van der Waals surface area contributed by atoms with E-state index in [2.05, 4.69) is 15.6 Å². The molecule has 2 N–H and O–H groups in total. The number of piperidine rings is 1. The van der Waals surface area contributed by atoms with Crippen LogP contribution in [0.15, 0.2) is 28.5 Å². The predicted octanol–water partition coefficient (Wildman–Crippen LogP) is 2.09. The van der Waals surface area contributed by atoms with Crippen LogP contribution in [0.2, 0.25) is 0 Å². The van der Waals surface area contributed by atoms with Gasteiger partial charge in [-0.25, -0.2) is 18.2 Å². The molecular formula is C21H28N6O4S2. The minimum atomic E-state index is -3.62. The second-order valence-electron chi connectivity index (χ2n) is 8.27. The molecule has 3 amide bonds. The Morgan fingerprint density at radius 1 is 1.21 bits per heavy atom. The van der Waals surface area contributed by atoms with E-state index in [0.717, 1.165) is 19.3 Å². The number of aromatic nitrogens is 1. The second-order valence-corrected chi connectivity index (χ2v) is 11.0. The molecule has 0 aliphatic carbocycles. The first-order valence-corrected chi connectivity index (χ1v) is 13.2. The van der Waals surface area contributed by atoms with Gasteiger partial charge in [0, 0.05) is 45.7 Å². The van der Waals surface area contributed by atoms with Crippen molar-refractivity contribution in [1.29, 1.82) is 0 Å². The van der Waals surface area contributed by atoms with Crippen molar-refractivity contribution in [2.75, 3.05) is 55.4 Å². The summed E-state index contributed by atoms with van der Waals surface area (Å²) >= 11 is 1.31. The van der Waals surface area contributed by atoms with Gasteiger partial charge in [0.2, 0.25) is 15.9 Å². The molecule has 0 saturated carbocycles. The van der Waals surface area contributed by atoms with E-state index in [1.54, 1.807) is 22.4 Å². The molecule has 33 heavy (non-hydrogen) atoms. The lowest BCUT2D eigenvalue weighted by atomic mass is 10.2. The Kier molecular flexibility index (Phi) is 6.86. The molecule has 0 radical (unpaired) electrons. The van der Waals surface area contributed by atoms with E-state index in [0.29, 0.717) is 48.4 Å². The van der Waals surface area contributed by atoms with Crippen LogP contribution >= 0.6 is 11.3 Å². The van der Waals surface area contributed by atoms with Crippen LogP contribution in [0.4, 0.5) is 21.3 Å². The second kappa shape index (κ2) is 9.65. The van der Waals surface area contributed by atoms with Gasteiger partial charge in [0.05, 0.1) is 28.4 Å². The van der Waals surface area contributed by atoms with Crippen molar-refractivity contribution in [3.8, 4) is 0 Å². The highest BCUT2D eigenvalue weighted by molar-refractivity contribution is 7.89. The van der Waals surface area contributed by atoms with Crippen molar-refractivity contribution in [3.05, 3.63) is 29.3 Å². The summed E-state index contributed by atoms with van der Waals surface area (Å²) in [5.74, 6) is -0.312. The van der Waals surface area contributed by atoms with Crippen molar-refractivity contribution < 1.29 is 18.0 Å². The van der Waals surface area contributed by atoms with Crippen LogP contribution in [0.3, 0.4) is 0 Å². The molecule has 12 heteroatoms. The molecule has 1 aromatic heterocycles. The van der Waals surface area contributed by atoms with Gasteiger partial charge < -0.3 is 15.5 Å². The number of urea groups is 1. The molecule has 0 spiro atoms. The highest BCUT2D eigenvalue weighted by Gasteiger charge is 2.27. The summed E-state index contributed by atoms with van der Waals surface area (Å²) in [5.41, 5.74) is 1.68. The fourth-order valence-electron chi connectivity index (χ4n) is 3.93. The fraction of sp³-hybridized carbons (Fsp3) is 0.476. The Morgan fingerprint density at radius 3 is 2.64 bits per heavy atom. The van der Waals surface area contributed by atoms with Crippen molar-refractivity contribution >= 4 is 49.8 Å². The highest BCUT2D eigenvalue weighted by Crippen LogP contribution is 2.30. The zero-order chi connectivity index (χ0) is 23.6. The quantitative estimate of drug-likeness (QED) is 0.612. The molecule has 2 saturated heterocycles. The molecule has 2 aromatic rings. The Balaban J connectivity index is 1.51. The topological polar surface area (TPSA) is 115 Å². The number of hydrogen-bond donors (Lipinski definition) is 2. The van der Waals surface area contributed by atoms with Crippen molar-refractivity contribution in [2.24, 2.45) is 0 Å². The number of carbonyl (C=O) groups is 2. The van der Waals surface area contributed by atoms with Gasteiger partial charge in [-0.1, -0.05) is 6.42 Å². The van der Waals surface area contributed by atoms with Crippen molar-refractivity contribution in [3.63, 3.8) is 0 Å².